The van der Waals surface area contributed by atoms with Crippen molar-refractivity contribution in [1.82, 2.24) is 15.1 Å². The highest BCUT2D eigenvalue weighted by molar-refractivity contribution is 5.21. The molecule has 0 aliphatic heterocycles. The van der Waals surface area contributed by atoms with Crippen molar-refractivity contribution in [1.29, 1.82) is 0 Å². The Kier molecular flexibility index (Phi) is 5.57. The van der Waals surface area contributed by atoms with E-state index < -0.39 is 0 Å². The molecule has 2 aromatic rings. The van der Waals surface area contributed by atoms with E-state index in [0.29, 0.717) is 6.04 Å². The molecular weight excluding hydrogens is 258 g/mol. The number of likely N-dealkylation sites (N-methyl/N-ethyl adjacent to an activating group) is 1. The molecule has 0 saturated carbocycles. The van der Waals surface area contributed by atoms with Crippen LogP contribution in [0.1, 0.15) is 56.7 Å². The van der Waals surface area contributed by atoms with E-state index in [1.807, 2.05) is 0 Å². The van der Waals surface area contributed by atoms with Crippen molar-refractivity contribution >= 4 is 0 Å². The van der Waals surface area contributed by atoms with Crippen LogP contribution >= 0.6 is 0 Å². The van der Waals surface area contributed by atoms with Gasteiger partial charge in [0.15, 0.2) is 0 Å². The Morgan fingerprint density at radius 2 is 1.81 bits per heavy atom. The maximum absolute atomic E-state index is 4.80. The van der Waals surface area contributed by atoms with Crippen LogP contribution in [0.15, 0.2) is 36.4 Å². The Balaban J connectivity index is 2.34. The molecule has 21 heavy (non-hydrogen) atoms. The topological polar surface area (TPSA) is 29.9 Å². The molecule has 1 heterocycles. The third kappa shape index (κ3) is 3.53. The van der Waals surface area contributed by atoms with Gasteiger partial charge in [0.2, 0.25) is 0 Å². The molecule has 3 nitrogen and oxygen atoms in total. The third-order valence-corrected chi connectivity index (χ3v) is 4.04. The summed E-state index contributed by atoms with van der Waals surface area (Å²) in [6.07, 6.45) is 2.01. The molecule has 2 atom stereocenters. The lowest BCUT2D eigenvalue weighted by Gasteiger charge is -2.27. The number of aromatic nitrogens is 2. The van der Waals surface area contributed by atoms with E-state index in [9.17, 15) is 0 Å². The average molecular weight is 285 g/mol. The monoisotopic (exact) mass is 285 g/mol. The van der Waals surface area contributed by atoms with Crippen LogP contribution < -0.4 is 5.32 Å². The van der Waals surface area contributed by atoms with Crippen LogP contribution in [0.25, 0.3) is 0 Å². The zero-order valence-corrected chi connectivity index (χ0v) is 13.6. The molecule has 0 spiro atoms. The van der Waals surface area contributed by atoms with Crippen molar-refractivity contribution in [3.8, 4) is 0 Å². The molecule has 1 aromatic carbocycles. The smallest absolute Gasteiger partial charge is 0.0689 e. The van der Waals surface area contributed by atoms with Crippen molar-refractivity contribution in [2.24, 2.45) is 0 Å². The second-order valence-corrected chi connectivity index (χ2v) is 5.47. The van der Waals surface area contributed by atoms with Gasteiger partial charge in [0.1, 0.15) is 0 Å². The molecule has 1 N–H and O–H groups in total. The van der Waals surface area contributed by atoms with E-state index in [2.05, 4.69) is 74.1 Å². The summed E-state index contributed by atoms with van der Waals surface area (Å²) in [5, 5.41) is 8.42. The van der Waals surface area contributed by atoms with E-state index in [-0.39, 0.29) is 6.04 Å². The molecule has 2 unspecified atom stereocenters. The number of hydrogen-bond acceptors (Lipinski definition) is 2. The molecular formula is C18H27N3. The number of hydrogen-bond donors (Lipinski definition) is 1. The van der Waals surface area contributed by atoms with Crippen LogP contribution in [0.2, 0.25) is 0 Å². The van der Waals surface area contributed by atoms with Gasteiger partial charge in [0.25, 0.3) is 0 Å². The van der Waals surface area contributed by atoms with Crippen molar-refractivity contribution < 1.29 is 0 Å². The fourth-order valence-electron chi connectivity index (χ4n) is 2.87. The van der Waals surface area contributed by atoms with Crippen LogP contribution in [0.3, 0.4) is 0 Å². The SMILES string of the molecule is CCNC(c1ccccc1)C(C)n1nc(CC)cc1CC. The minimum Gasteiger partial charge on any atom is -0.308 e. The lowest BCUT2D eigenvalue weighted by Crippen LogP contribution is -2.30. The van der Waals surface area contributed by atoms with Gasteiger partial charge in [-0.25, -0.2) is 0 Å². The van der Waals surface area contributed by atoms with Crippen LogP contribution in [-0.2, 0) is 12.8 Å². The Hall–Kier alpha value is -1.61. The van der Waals surface area contributed by atoms with Crippen LogP contribution in [0.4, 0.5) is 0 Å². The van der Waals surface area contributed by atoms with Gasteiger partial charge in [0, 0.05) is 5.69 Å². The highest BCUT2D eigenvalue weighted by Crippen LogP contribution is 2.27. The normalized spacial score (nSPS) is 14.1. The Morgan fingerprint density at radius 3 is 2.38 bits per heavy atom. The Labute approximate surface area is 128 Å². The van der Waals surface area contributed by atoms with Crippen LogP contribution in [0, 0.1) is 0 Å². The van der Waals surface area contributed by atoms with E-state index in [0.717, 1.165) is 19.4 Å². The summed E-state index contributed by atoms with van der Waals surface area (Å²) in [5.74, 6) is 0. The van der Waals surface area contributed by atoms with Gasteiger partial charge in [-0.2, -0.15) is 5.10 Å². The summed E-state index contributed by atoms with van der Waals surface area (Å²) in [7, 11) is 0. The van der Waals surface area contributed by atoms with E-state index in [4.69, 9.17) is 5.10 Å². The van der Waals surface area contributed by atoms with Gasteiger partial charge < -0.3 is 5.32 Å². The summed E-state index contributed by atoms with van der Waals surface area (Å²) in [6.45, 7) is 9.73. The van der Waals surface area contributed by atoms with Crippen molar-refractivity contribution in [3.05, 3.63) is 53.3 Å². The summed E-state index contributed by atoms with van der Waals surface area (Å²) in [6, 6.07) is 13.5. The maximum Gasteiger partial charge on any atom is 0.0689 e. The molecule has 0 radical (unpaired) electrons. The first-order chi connectivity index (χ1) is 10.2. The molecule has 3 heteroatoms. The standard InChI is InChI=1S/C18H27N3/c1-5-16-13-17(6-2)21(20-16)14(4)18(19-7-3)15-11-9-8-10-12-15/h8-14,18-19H,5-7H2,1-4H3. The van der Waals surface area contributed by atoms with Gasteiger partial charge in [-0.05, 0) is 37.9 Å². The minimum atomic E-state index is 0.283. The van der Waals surface area contributed by atoms with E-state index in [1.54, 1.807) is 0 Å². The highest BCUT2D eigenvalue weighted by atomic mass is 15.3. The largest absolute Gasteiger partial charge is 0.308 e. The van der Waals surface area contributed by atoms with Crippen LogP contribution in [0.5, 0.6) is 0 Å². The van der Waals surface area contributed by atoms with E-state index >= 15 is 0 Å². The molecule has 0 saturated heterocycles. The molecule has 0 aliphatic rings. The summed E-state index contributed by atoms with van der Waals surface area (Å²) >= 11 is 0. The van der Waals surface area contributed by atoms with Gasteiger partial charge >= 0.3 is 0 Å². The van der Waals surface area contributed by atoms with Crippen molar-refractivity contribution in [3.63, 3.8) is 0 Å². The zero-order valence-electron chi connectivity index (χ0n) is 13.6. The molecule has 1 aromatic heterocycles. The van der Waals surface area contributed by atoms with Crippen molar-refractivity contribution in [2.45, 2.75) is 52.6 Å². The molecule has 114 valence electrons. The van der Waals surface area contributed by atoms with Gasteiger partial charge in [-0.1, -0.05) is 51.1 Å². The molecule has 0 amide bonds. The van der Waals surface area contributed by atoms with Gasteiger partial charge in [-0.15, -0.1) is 0 Å². The molecule has 0 fully saturated rings. The number of nitrogens with zero attached hydrogens (tertiary/aromatic N) is 2. The summed E-state index contributed by atoms with van der Waals surface area (Å²) in [5.41, 5.74) is 3.82. The number of rotatable bonds is 7. The first kappa shape index (κ1) is 15.8. The second-order valence-electron chi connectivity index (χ2n) is 5.47. The molecule has 0 aliphatic carbocycles. The third-order valence-electron chi connectivity index (χ3n) is 4.04. The number of nitrogens with one attached hydrogen (secondary N) is 1. The zero-order chi connectivity index (χ0) is 15.2. The molecule has 2 rings (SSSR count). The fourth-order valence-corrected chi connectivity index (χ4v) is 2.87. The first-order valence-electron chi connectivity index (χ1n) is 8.06. The van der Waals surface area contributed by atoms with Gasteiger partial charge in [-0.3, -0.25) is 4.68 Å². The van der Waals surface area contributed by atoms with Gasteiger partial charge in [0.05, 0.1) is 17.8 Å². The highest BCUT2D eigenvalue weighted by Gasteiger charge is 2.22. The predicted molar refractivity (Wildman–Crippen MR) is 88.6 cm³/mol. The lowest BCUT2D eigenvalue weighted by atomic mass is 10.00. The first-order valence-corrected chi connectivity index (χ1v) is 8.06. The number of aryl methyl sites for hydroxylation is 2. The Morgan fingerprint density at radius 1 is 1.10 bits per heavy atom. The summed E-state index contributed by atoms with van der Waals surface area (Å²) in [4.78, 5) is 0. The van der Waals surface area contributed by atoms with Crippen LogP contribution in [-0.4, -0.2) is 16.3 Å². The predicted octanol–water partition coefficient (Wildman–Crippen LogP) is 3.92. The van der Waals surface area contributed by atoms with E-state index in [1.165, 1.54) is 17.0 Å². The minimum absolute atomic E-state index is 0.283. The Bertz CT molecular complexity index is 545. The lowest BCUT2D eigenvalue weighted by molar-refractivity contribution is 0.350. The van der Waals surface area contributed by atoms with Crippen molar-refractivity contribution in [2.75, 3.05) is 6.54 Å². The molecule has 0 bridgehead atoms. The second kappa shape index (κ2) is 7.41. The fraction of sp³-hybridized carbons (Fsp3) is 0.500. The quantitative estimate of drug-likeness (QED) is 0.835. The summed E-state index contributed by atoms with van der Waals surface area (Å²) < 4.78 is 2.21. The number of benzene rings is 1. The maximum atomic E-state index is 4.80. The average Bonchev–Trinajstić information content (AvgIpc) is 2.96.